The van der Waals surface area contributed by atoms with Crippen LogP contribution in [0.4, 0.5) is 0 Å². The molecule has 8 nitrogen and oxygen atoms in total. The SMILES string of the molecule is O=S(=O)(NCc1nnnn1-c1ccccc1)c1cccnc1. The number of para-hydroxylation sites is 1. The standard InChI is InChI=1S/C13H12N6O2S/c20-22(21,12-7-4-8-14-9-12)15-10-13-16-17-18-19(13)11-5-2-1-3-6-11/h1-9,15H,10H2. The molecule has 0 spiro atoms. The predicted molar refractivity (Wildman–Crippen MR) is 77.4 cm³/mol. The highest BCUT2D eigenvalue weighted by molar-refractivity contribution is 7.89. The van der Waals surface area contributed by atoms with Crippen LogP contribution in [0.25, 0.3) is 5.69 Å². The Labute approximate surface area is 126 Å². The summed E-state index contributed by atoms with van der Waals surface area (Å²) in [4.78, 5) is 3.89. The van der Waals surface area contributed by atoms with Gasteiger partial charge in [-0.05, 0) is 34.7 Å². The first-order chi connectivity index (χ1) is 10.7. The fourth-order valence-corrected chi connectivity index (χ4v) is 2.78. The first-order valence-corrected chi connectivity index (χ1v) is 7.87. The molecule has 2 heterocycles. The fourth-order valence-electron chi connectivity index (χ4n) is 1.83. The van der Waals surface area contributed by atoms with Crippen LogP contribution >= 0.6 is 0 Å². The van der Waals surface area contributed by atoms with E-state index in [1.807, 2.05) is 30.3 Å². The second-order valence-corrected chi connectivity index (χ2v) is 6.12. The largest absolute Gasteiger partial charge is 0.263 e. The summed E-state index contributed by atoms with van der Waals surface area (Å²) in [5.41, 5.74) is 0.753. The van der Waals surface area contributed by atoms with E-state index in [9.17, 15) is 8.42 Å². The topological polar surface area (TPSA) is 103 Å². The van der Waals surface area contributed by atoms with Gasteiger partial charge in [0.05, 0.1) is 12.2 Å². The third-order valence-electron chi connectivity index (χ3n) is 2.90. The van der Waals surface area contributed by atoms with E-state index in [4.69, 9.17) is 0 Å². The van der Waals surface area contributed by atoms with Gasteiger partial charge in [0.1, 0.15) is 4.90 Å². The zero-order valence-corrected chi connectivity index (χ0v) is 12.2. The van der Waals surface area contributed by atoms with Crippen molar-refractivity contribution in [3.63, 3.8) is 0 Å². The van der Waals surface area contributed by atoms with E-state index in [0.29, 0.717) is 5.82 Å². The number of nitrogens with zero attached hydrogens (tertiary/aromatic N) is 5. The number of benzene rings is 1. The number of hydrogen-bond acceptors (Lipinski definition) is 6. The van der Waals surface area contributed by atoms with Gasteiger partial charge in [0.15, 0.2) is 5.82 Å². The highest BCUT2D eigenvalue weighted by Gasteiger charge is 2.16. The van der Waals surface area contributed by atoms with Gasteiger partial charge in [-0.15, -0.1) is 5.10 Å². The first kappa shape index (κ1) is 14.3. The highest BCUT2D eigenvalue weighted by atomic mass is 32.2. The first-order valence-electron chi connectivity index (χ1n) is 6.39. The van der Waals surface area contributed by atoms with Crippen molar-refractivity contribution in [1.29, 1.82) is 0 Å². The van der Waals surface area contributed by atoms with Crippen LogP contribution in [0.5, 0.6) is 0 Å². The average Bonchev–Trinajstić information content (AvgIpc) is 3.03. The molecule has 112 valence electrons. The van der Waals surface area contributed by atoms with E-state index in [1.54, 1.807) is 6.07 Å². The van der Waals surface area contributed by atoms with E-state index in [2.05, 4.69) is 25.2 Å². The molecule has 3 rings (SSSR count). The zero-order chi connectivity index (χ0) is 15.4. The Bertz CT molecular complexity index is 849. The minimum atomic E-state index is -3.66. The lowest BCUT2D eigenvalue weighted by Crippen LogP contribution is -2.25. The number of nitrogens with one attached hydrogen (secondary N) is 1. The number of hydrogen-bond donors (Lipinski definition) is 1. The summed E-state index contributed by atoms with van der Waals surface area (Å²) in [5, 5.41) is 11.3. The van der Waals surface area contributed by atoms with Gasteiger partial charge in [-0.3, -0.25) is 4.98 Å². The van der Waals surface area contributed by atoms with Crippen LogP contribution in [0.1, 0.15) is 5.82 Å². The van der Waals surface area contributed by atoms with Gasteiger partial charge < -0.3 is 0 Å². The number of sulfonamides is 1. The smallest absolute Gasteiger partial charge is 0.242 e. The molecular weight excluding hydrogens is 304 g/mol. The Morgan fingerprint density at radius 3 is 2.64 bits per heavy atom. The molecule has 0 saturated heterocycles. The second-order valence-electron chi connectivity index (χ2n) is 4.36. The third-order valence-corrected chi connectivity index (χ3v) is 4.29. The lowest BCUT2D eigenvalue weighted by molar-refractivity contribution is 0.577. The van der Waals surface area contributed by atoms with Gasteiger partial charge in [0.25, 0.3) is 0 Å². The minimum absolute atomic E-state index is 0.0286. The van der Waals surface area contributed by atoms with E-state index in [-0.39, 0.29) is 11.4 Å². The summed E-state index contributed by atoms with van der Waals surface area (Å²) in [6.45, 7) is -0.0286. The fraction of sp³-hybridized carbons (Fsp3) is 0.0769. The maximum Gasteiger partial charge on any atom is 0.242 e. The average molecular weight is 316 g/mol. The molecule has 0 aliphatic rings. The normalized spacial score (nSPS) is 11.5. The molecule has 22 heavy (non-hydrogen) atoms. The molecule has 0 aliphatic heterocycles. The minimum Gasteiger partial charge on any atom is -0.263 e. The van der Waals surface area contributed by atoms with Crippen molar-refractivity contribution in [3.05, 3.63) is 60.7 Å². The zero-order valence-electron chi connectivity index (χ0n) is 11.4. The van der Waals surface area contributed by atoms with Crippen molar-refractivity contribution in [2.24, 2.45) is 0 Å². The molecule has 0 saturated carbocycles. The molecule has 1 N–H and O–H groups in total. The van der Waals surface area contributed by atoms with Crippen LogP contribution in [0.3, 0.4) is 0 Å². The summed E-state index contributed by atoms with van der Waals surface area (Å²) >= 11 is 0. The molecule has 2 aromatic heterocycles. The van der Waals surface area contributed by atoms with Gasteiger partial charge in [-0.2, -0.15) is 4.68 Å². The Balaban J connectivity index is 1.80. The highest BCUT2D eigenvalue weighted by Crippen LogP contribution is 2.09. The van der Waals surface area contributed by atoms with Crippen LogP contribution in [0, 0.1) is 0 Å². The molecule has 0 amide bonds. The molecule has 0 atom stereocenters. The van der Waals surface area contributed by atoms with E-state index < -0.39 is 10.0 Å². The molecule has 0 radical (unpaired) electrons. The van der Waals surface area contributed by atoms with Gasteiger partial charge in [0.2, 0.25) is 10.0 Å². The molecule has 0 fully saturated rings. The van der Waals surface area contributed by atoms with E-state index in [0.717, 1.165) is 5.69 Å². The van der Waals surface area contributed by atoms with Gasteiger partial charge in [0, 0.05) is 12.4 Å². The molecule has 1 aromatic carbocycles. The van der Waals surface area contributed by atoms with Gasteiger partial charge >= 0.3 is 0 Å². The predicted octanol–water partition coefficient (Wildman–Crippen LogP) is 0.536. The molecule has 0 aliphatic carbocycles. The number of rotatable bonds is 5. The van der Waals surface area contributed by atoms with Crippen LogP contribution in [0.2, 0.25) is 0 Å². The Hall–Kier alpha value is -2.65. The summed E-state index contributed by atoms with van der Waals surface area (Å²) in [7, 11) is -3.66. The maximum absolute atomic E-state index is 12.1. The quantitative estimate of drug-likeness (QED) is 0.737. The van der Waals surface area contributed by atoms with E-state index in [1.165, 1.54) is 23.1 Å². The van der Waals surface area contributed by atoms with Crippen LogP contribution in [-0.2, 0) is 16.6 Å². The number of pyridine rings is 1. The summed E-state index contributed by atoms with van der Waals surface area (Å²) in [5.74, 6) is 0.388. The van der Waals surface area contributed by atoms with Crippen molar-refractivity contribution < 1.29 is 8.42 Å². The summed E-state index contributed by atoms with van der Waals surface area (Å²) in [6, 6.07) is 12.3. The van der Waals surface area contributed by atoms with E-state index >= 15 is 0 Å². The van der Waals surface area contributed by atoms with Gasteiger partial charge in [-0.1, -0.05) is 18.2 Å². The van der Waals surface area contributed by atoms with Crippen LogP contribution < -0.4 is 4.72 Å². The summed E-state index contributed by atoms with van der Waals surface area (Å²) in [6.07, 6.45) is 2.79. The monoisotopic (exact) mass is 316 g/mol. The van der Waals surface area contributed by atoms with Crippen LogP contribution in [0.15, 0.2) is 59.8 Å². The molecular formula is C13H12N6O2S. The lowest BCUT2D eigenvalue weighted by atomic mass is 10.3. The van der Waals surface area contributed by atoms with Gasteiger partial charge in [-0.25, -0.2) is 13.1 Å². The maximum atomic E-state index is 12.1. The summed E-state index contributed by atoms with van der Waals surface area (Å²) < 4.78 is 28.2. The Morgan fingerprint density at radius 1 is 1.09 bits per heavy atom. The second kappa shape index (κ2) is 6.00. The molecule has 0 unspecified atom stereocenters. The van der Waals surface area contributed by atoms with Crippen molar-refractivity contribution in [2.45, 2.75) is 11.4 Å². The Morgan fingerprint density at radius 2 is 1.91 bits per heavy atom. The molecule has 3 aromatic rings. The Kier molecular flexibility index (Phi) is 3.90. The van der Waals surface area contributed by atoms with Crippen molar-refractivity contribution in [1.82, 2.24) is 29.9 Å². The molecule has 0 bridgehead atoms. The third kappa shape index (κ3) is 3.00. The number of aromatic nitrogens is 5. The number of tetrazole rings is 1. The molecule has 9 heteroatoms. The lowest BCUT2D eigenvalue weighted by Gasteiger charge is -2.07. The van der Waals surface area contributed by atoms with Crippen LogP contribution in [-0.4, -0.2) is 33.6 Å². The van der Waals surface area contributed by atoms with Crippen molar-refractivity contribution in [3.8, 4) is 5.69 Å². The van der Waals surface area contributed by atoms with Crippen molar-refractivity contribution in [2.75, 3.05) is 0 Å². The van der Waals surface area contributed by atoms with Crippen molar-refractivity contribution >= 4 is 10.0 Å².